The molecule has 0 saturated carbocycles. The summed E-state index contributed by atoms with van der Waals surface area (Å²) in [6, 6.07) is 12.0. The number of hydrogen-bond acceptors (Lipinski definition) is 5. The fraction of sp³-hybridized carbons (Fsp3) is 0.407. The van der Waals surface area contributed by atoms with E-state index in [1.165, 1.54) is 0 Å². The van der Waals surface area contributed by atoms with Crippen LogP contribution in [0.1, 0.15) is 34.5 Å². The third-order valence-electron chi connectivity index (χ3n) is 6.46. The van der Waals surface area contributed by atoms with Gasteiger partial charge in [-0.05, 0) is 75.0 Å². The molecule has 0 unspecified atom stereocenters. The number of carbonyl (C=O) groups is 1. The zero-order chi connectivity index (χ0) is 24.4. The molecule has 2 heterocycles. The first-order chi connectivity index (χ1) is 16.2. The molecule has 180 valence electrons. The molecule has 7 nitrogen and oxygen atoms in total. The predicted molar refractivity (Wildman–Crippen MR) is 137 cm³/mol. The molecule has 1 N–H and O–H groups in total. The summed E-state index contributed by atoms with van der Waals surface area (Å²) in [6.07, 6.45) is 3.80. The molecular weight excluding hydrogens is 426 g/mol. The van der Waals surface area contributed by atoms with Gasteiger partial charge in [-0.3, -0.25) is 9.48 Å². The molecular formula is C27H35N5O2. The van der Waals surface area contributed by atoms with Crippen LogP contribution in [0.25, 0.3) is 11.1 Å². The molecule has 0 bridgehead atoms. The lowest BCUT2D eigenvalue weighted by molar-refractivity contribution is 0.0939. The first kappa shape index (κ1) is 23.8. The van der Waals surface area contributed by atoms with E-state index in [9.17, 15) is 4.79 Å². The third-order valence-corrected chi connectivity index (χ3v) is 6.46. The van der Waals surface area contributed by atoms with Crippen molar-refractivity contribution in [2.45, 2.75) is 19.9 Å². The number of anilines is 1. The summed E-state index contributed by atoms with van der Waals surface area (Å²) in [6.45, 7) is 7.13. The van der Waals surface area contributed by atoms with Crippen LogP contribution in [0, 0.1) is 12.8 Å². The van der Waals surface area contributed by atoms with Gasteiger partial charge in [-0.25, -0.2) is 0 Å². The number of nitrogens with one attached hydrogen (secondary N) is 1. The molecule has 2 aromatic carbocycles. The zero-order valence-electron chi connectivity index (χ0n) is 21.0. The van der Waals surface area contributed by atoms with E-state index in [0.29, 0.717) is 5.92 Å². The number of aryl methyl sites for hydroxylation is 2. The monoisotopic (exact) mass is 461 g/mol. The minimum absolute atomic E-state index is 0.0667. The van der Waals surface area contributed by atoms with Crippen molar-refractivity contribution in [3.8, 4) is 16.9 Å². The largest absolute Gasteiger partial charge is 0.497 e. The van der Waals surface area contributed by atoms with Crippen molar-refractivity contribution in [1.29, 1.82) is 0 Å². The Balaban J connectivity index is 1.50. The van der Waals surface area contributed by atoms with Crippen molar-refractivity contribution >= 4 is 11.6 Å². The van der Waals surface area contributed by atoms with E-state index in [1.54, 1.807) is 11.8 Å². The topological polar surface area (TPSA) is 62.6 Å². The van der Waals surface area contributed by atoms with Crippen LogP contribution in [-0.2, 0) is 7.05 Å². The van der Waals surface area contributed by atoms with Crippen LogP contribution in [0.3, 0.4) is 0 Å². The molecule has 0 spiro atoms. The molecule has 3 aromatic rings. The molecule has 1 aliphatic heterocycles. The van der Waals surface area contributed by atoms with Crippen LogP contribution in [0.15, 0.2) is 48.8 Å². The van der Waals surface area contributed by atoms with Gasteiger partial charge in [0.1, 0.15) is 5.75 Å². The summed E-state index contributed by atoms with van der Waals surface area (Å²) in [5.74, 6) is 1.36. The van der Waals surface area contributed by atoms with Gasteiger partial charge < -0.3 is 19.9 Å². The summed E-state index contributed by atoms with van der Waals surface area (Å²) in [5.41, 5.74) is 5.79. The van der Waals surface area contributed by atoms with E-state index in [1.807, 2.05) is 57.6 Å². The Hall–Kier alpha value is -3.32. The Morgan fingerprint density at radius 3 is 2.62 bits per heavy atom. The molecule has 34 heavy (non-hydrogen) atoms. The molecule has 1 fully saturated rings. The Bertz CT molecular complexity index is 1160. The molecule has 0 aliphatic carbocycles. The van der Waals surface area contributed by atoms with Crippen LogP contribution in [0.2, 0.25) is 0 Å². The SMILES string of the molecule is COc1cc(-c2cnn(C)c2)cc([C@@H](C)NC(=O)c2cc(N3CC(CN(C)C)C3)ccc2C)c1. The van der Waals surface area contributed by atoms with Crippen LogP contribution >= 0.6 is 0 Å². The lowest BCUT2D eigenvalue weighted by atomic mass is 9.97. The number of ether oxygens (including phenoxy) is 1. The number of aromatic nitrogens is 2. The fourth-order valence-corrected chi connectivity index (χ4v) is 4.55. The highest BCUT2D eigenvalue weighted by Gasteiger charge is 2.28. The molecule has 0 radical (unpaired) electrons. The van der Waals surface area contributed by atoms with Gasteiger partial charge in [0.2, 0.25) is 0 Å². The van der Waals surface area contributed by atoms with Crippen LogP contribution in [0.5, 0.6) is 5.75 Å². The van der Waals surface area contributed by atoms with Crippen molar-refractivity contribution < 1.29 is 9.53 Å². The quantitative estimate of drug-likeness (QED) is 0.551. The second-order valence-corrected chi connectivity index (χ2v) is 9.63. The highest BCUT2D eigenvalue weighted by atomic mass is 16.5. The molecule has 1 aromatic heterocycles. The van der Waals surface area contributed by atoms with E-state index < -0.39 is 0 Å². The number of carbonyl (C=O) groups excluding carboxylic acids is 1. The summed E-state index contributed by atoms with van der Waals surface area (Å²) in [7, 11) is 7.77. The molecule has 1 aliphatic rings. The number of methoxy groups -OCH3 is 1. The summed E-state index contributed by atoms with van der Waals surface area (Å²) >= 11 is 0. The Morgan fingerprint density at radius 1 is 1.21 bits per heavy atom. The summed E-state index contributed by atoms with van der Waals surface area (Å²) in [4.78, 5) is 17.8. The molecule has 1 saturated heterocycles. The standard InChI is InChI=1S/C27H35N5O2/c1-18-7-8-24(32-15-20(16-32)14-30(3)4)12-26(18)27(33)29-19(2)21-9-22(11-25(10-21)34-6)23-13-28-31(5)17-23/h7-13,17,19-20H,14-16H2,1-6H3,(H,29,33)/t19-/m1/s1. The first-order valence-corrected chi connectivity index (χ1v) is 11.7. The van der Waals surface area contributed by atoms with Gasteiger partial charge in [-0.15, -0.1) is 0 Å². The Labute approximate surface area is 202 Å². The maximum absolute atomic E-state index is 13.3. The normalized spacial score (nSPS) is 14.7. The van der Waals surface area contributed by atoms with Crippen molar-refractivity contribution in [2.75, 3.05) is 45.7 Å². The fourth-order valence-electron chi connectivity index (χ4n) is 4.55. The predicted octanol–water partition coefficient (Wildman–Crippen LogP) is 3.89. The Morgan fingerprint density at radius 2 is 1.97 bits per heavy atom. The van der Waals surface area contributed by atoms with E-state index in [4.69, 9.17) is 4.74 Å². The number of hydrogen-bond donors (Lipinski definition) is 1. The summed E-state index contributed by atoms with van der Waals surface area (Å²) in [5, 5.41) is 7.46. The van der Waals surface area contributed by atoms with E-state index >= 15 is 0 Å². The smallest absolute Gasteiger partial charge is 0.252 e. The van der Waals surface area contributed by atoms with Gasteiger partial charge in [-0.2, -0.15) is 5.10 Å². The molecule has 1 amide bonds. The zero-order valence-corrected chi connectivity index (χ0v) is 21.0. The van der Waals surface area contributed by atoms with Gasteiger partial charge in [0.15, 0.2) is 0 Å². The second kappa shape index (κ2) is 9.89. The van der Waals surface area contributed by atoms with Crippen LogP contribution < -0.4 is 15.0 Å². The van der Waals surface area contributed by atoms with Crippen molar-refractivity contribution in [2.24, 2.45) is 13.0 Å². The first-order valence-electron chi connectivity index (χ1n) is 11.7. The average molecular weight is 462 g/mol. The van der Waals surface area contributed by atoms with Gasteiger partial charge >= 0.3 is 0 Å². The van der Waals surface area contributed by atoms with Gasteiger partial charge in [0.25, 0.3) is 5.91 Å². The third kappa shape index (κ3) is 5.25. The minimum atomic E-state index is -0.186. The second-order valence-electron chi connectivity index (χ2n) is 9.63. The minimum Gasteiger partial charge on any atom is -0.497 e. The van der Waals surface area contributed by atoms with Crippen LogP contribution in [0.4, 0.5) is 5.69 Å². The van der Waals surface area contributed by atoms with E-state index in [0.717, 1.165) is 58.9 Å². The van der Waals surface area contributed by atoms with Crippen LogP contribution in [-0.4, -0.2) is 61.4 Å². The number of nitrogens with zero attached hydrogens (tertiary/aromatic N) is 4. The average Bonchev–Trinajstić information content (AvgIpc) is 3.22. The lowest BCUT2D eigenvalue weighted by Crippen LogP contribution is -2.50. The van der Waals surface area contributed by atoms with Crippen molar-refractivity contribution in [3.63, 3.8) is 0 Å². The molecule has 7 heteroatoms. The van der Waals surface area contributed by atoms with E-state index in [-0.39, 0.29) is 11.9 Å². The lowest BCUT2D eigenvalue weighted by Gasteiger charge is -2.42. The molecule has 1 atom stereocenters. The highest BCUT2D eigenvalue weighted by Crippen LogP contribution is 2.30. The van der Waals surface area contributed by atoms with Crippen molar-refractivity contribution in [1.82, 2.24) is 20.0 Å². The van der Waals surface area contributed by atoms with Gasteiger partial charge in [0, 0.05) is 55.6 Å². The number of rotatable bonds is 8. The highest BCUT2D eigenvalue weighted by molar-refractivity contribution is 5.97. The van der Waals surface area contributed by atoms with Gasteiger partial charge in [-0.1, -0.05) is 6.07 Å². The van der Waals surface area contributed by atoms with E-state index in [2.05, 4.69) is 46.4 Å². The number of benzene rings is 2. The maximum atomic E-state index is 13.3. The van der Waals surface area contributed by atoms with Crippen molar-refractivity contribution in [3.05, 3.63) is 65.5 Å². The number of amides is 1. The summed E-state index contributed by atoms with van der Waals surface area (Å²) < 4.78 is 7.30. The van der Waals surface area contributed by atoms with Gasteiger partial charge in [0.05, 0.1) is 19.3 Å². The Kier molecular flexibility index (Phi) is 6.93. The molecule has 4 rings (SSSR count). The maximum Gasteiger partial charge on any atom is 0.252 e.